The van der Waals surface area contributed by atoms with Crippen LogP contribution in [0.1, 0.15) is 56.2 Å². The first kappa shape index (κ1) is 23.3. The summed E-state index contributed by atoms with van der Waals surface area (Å²) < 4.78 is 30.2. The zero-order chi connectivity index (χ0) is 22.7. The maximum absolute atomic E-state index is 14.3. The molecule has 1 heterocycles. The summed E-state index contributed by atoms with van der Waals surface area (Å²) in [5.41, 5.74) is -0.211. The normalized spacial score (nSPS) is 21.2. The van der Waals surface area contributed by atoms with Crippen LogP contribution >= 0.6 is 11.6 Å². The molecule has 1 aromatic heterocycles. The summed E-state index contributed by atoms with van der Waals surface area (Å²) in [6.07, 6.45) is 2.71. The molecule has 1 fully saturated rings. The highest BCUT2D eigenvalue weighted by atomic mass is 35.5. The van der Waals surface area contributed by atoms with E-state index in [1.807, 2.05) is 0 Å². The molecule has 0 radical (unpaired) electrons. The van der Waals surface area contributed by atoms with Crippen molar-refractivity contribution in [2.75, 3.05) is 6.61 Å². The number of halogens is 2. The fourth-order valence-electron chi connectivity index (χ4n) is 4.16. The van der Waals surface area contributed by atoms with Crippen molar-refractivity contribution >= 4 is 23.5 Å². The highest BCUT2D eigenvalue weighted by Gasteiger charge is 2.34. The van der Waals surface area contributed by atoms with E-state index in [1.165, 1.54) is 25.1 Å². The monoisotopic (exact) mass is 451 g/mol. The molecule has 1 aromatic carbocycles. The number of esters is 2. The molecule has 0 spiro atoms. The first-order chi connectivity index (χ1) is 14.7. The van der Waals surface area contributed by atoms with Crippen molar-refractivity contribution in [3.05, 3.63) is 40.4 Å². The minimum atomic E-state index is -0.859. The Labute approximate surface area is 186 Å². The van der Waals surface area contributed by atoms with Gasteiger partial charge in [-0.2, -0.15) is 0 Å². The van der Waals surface area contributed by atoms with E-state index in [0.717, 1.165) is 19.3 Å². The molecule has 2 aromatic rings. The van der Waals surface area contributed by atoms with Crippen molar-refractivity contribution < 1.29 is 28.0 Å². The van der Waals surface area contributed by atoms with Gasteiger partial charge in [0.2, 0.25) is 0 Å². The molecule has 3 unspecified atom stereocenters. The minimum Gasteiger partial charge on any atom is -0.460 e. The second-order valence-corrected chi connectivity index (χ2v) is 8.90. The summed E-state index contributed by atoms with van der Waals surface area (Å²) >= 11 is 6.09. The Balaban J connectivity index is 1.69. The number of rotatable bonds is 6. The van der Waals surface area contributed by atoms with Gasteiger partial charge in [-0.1, -0.05) is 50.0 Å². The predicted molar refractivity (Wildman–Crippen MR) is 113 cm³/mol. The largest absolute Gasteiger partial charge is 0.460 e. The van der Waals surface area contributed by atoms with Gasteiger partial charge >= 0.3 is 11.9 Å². The van der Waals surface area contributed by atoms with E-state index < -0.39 is 24.4 Å². The minimum absolute atomic E-state index is 0.0634. The van der Waals surface area contributed by atoms with Gasteiger partial charge in [-0.3, -0.25) is 0 Å². The maximum atomic E-state index is 14.3. The Hall–Kier alpha value is -2.41. The zero-order valence-corrected chi connectivity index (χ0v) is 18.9. The molecule has 0 bridgehead atoms. The molecule has 1 aliphatic carbocycles. The average molecular weight is 452 g/mol. The molecular formula is C23H27ClFNO5. The molecule has 0 N–H and O–H groups in total. The van der Waals surface area contributed by atoms with Gasteiger partial charge in [-0.15, -0.1) is 0 Å². The highest BCUT2D eigenvalue weighted by Crippen LogP contribution is 2.36. The Morgan fingerprint density at radius 2 is 2.06 bits per heavy atom. The number of hydrogen-bond donors (Lipinski definition) is 0. The molecule has 3 rings (SSSR count). The van der Waals surface area contributed by atoms with E-state index in [2.05, 4.69) is 25.9 Å². The number of benzene rings is 1. The first-order valence-corrected chi connectivity index (χ1v) is 10.8. The Kier molecular flexibility index (Phi) is 7.36. The van der Waals surface area contributed by atoms with Gasteiger partial charge in [0.25, 0.3) is 0 Å². The summed E-state index contributed by atoms with van der Waals surface area (Å²) in [6, 6.07) is 4.12. The number of hydrogen-bond acceptors (Lipinski definition) is 6. The molecule has 31 heavy (non-hydrogen) atoms. The number of carbonyl (C=O) groups is 2. The van der Waals surface area contributed by atoms with Gasteiger partial charge < -0.3 is 14.0 Å². The van der Waals surface area contributed by atoms with Crippen LogP contribution in [0.4, 0.5) is 4.39 Å². The Morgan fingerprint density at radius 3 is 2.74 bits per heavy atom. The third-order valence-electron chi connectivity index (χ3n) is 5.83. The second kappa shape index (κ2) is 9.81. The lowest BCUT2D eigenvalue weighted by Crippen LogP contribution is -2.36. The SMILES string of the molecule is Cc1onc(-c2c(F)cccc2Cl)c1C(=O)OCC(=O)OC1CC(C)CCC1C(C)C. The van der Waals surface area contributed by atoms with Crippen LogP contribution in [0.3, 0.4) is 0 Å². The van der Waals surface area contributed by atoms with Crippen LogP contribution in [0.2, 0.25) is 5.02 Å². The Morgan fingerprint density at radius 1 is 1.32 bits per heavy atom. The molecule has 0 aliphatic heterocycles. The van der Waals surface area contributed by atoms with Crippen LogP contribution < -0.4 is 0 Å². The Bertz CT molecular complexity index is 937. The van der Waals surface area contributed by atoms with Crippen molar-refractivity contribution in [3.8, 4) is 11.3 Å². The lowest BCUT2D eigenvalue weighted by molar-refractivity contribution is -0.159. The molecule has 168 valence electrons. The number of carbonyl (C=O) groups excluding carboxylic acids is 2. The molecule has 8 heteroatoms. The van der Waals surface area contributed by atoms with E-state index >= 15 is 0 Å². The van der Waals surface area contributed by atoms with Crippen LogP contribution in [0, 0.1) is 30.5 Å². The smallest absolute Gasteiger partial charge is 0.344 e. The second-order valence-electron chi connectivity index (χ2n) is 8.49. The van der Waals surface area contributed by atoms with Crippen LogP contribution in [0.15, 0.2) is 22.7 Å². The van der Waals surface area contributed by atoms with Gasteiger partial charge in [-0.05, 0) is 49.7 Å². The third kappa shape index (κ3) is 5.26. The van der Waals surface area contributed by atoms with Crippen LogP contribution in [0.5, 0.6) is 0 Å². The maximum Gasteiger partial charge on any atom is 0.344 e. The van der Waals surface area contributed by atoms with Gasteiger partial charge in [0.05, 0.1) is 10.6 Å². The molecule has 1 saturated carbocycles. The van der Waals surface area contributed by atoms with Gasteiger partial charge in [-0.25, -0.2) is 14.0 Å². The molecule has 3 atom stereocenters. The van der Waals surface area contributed by atoms with E-state index in [0.29, 0.717) is 11.8 Å². The van der Waals surface area contributed by atoms with Gasteiger partial charge in [0.15, 0.2) is 6.61 Å². The molecular weight excluding hydrogens is 425 g/mol. The molecule has 0 saturated heterocycles. The van der Waals surface area contributed by atoms with E-state index in [4.69, 9.17) is 25.6 Å². The number of nitrogens with zero attached hydrogens (tertiary/aromatic N) is 1. The van der Waals surface area contributed by atoms with Crippen LogP contribution in [-0.2, 0) is 14.3 Å². The third-order valence-corrected chi connectivity index (χ3v) is 6.15. The number of aromatic nitrogens is 1. The van der Waals surface area contributed by atoms with Crippen molar-refractivity contribution in [2.45, 2.75) is 53.1 Å². The summed E-state index contributed by atoms with van der Waals surface area (Å²) in [6.45, 7) is 7.32. The lowest BCUT2D eigenvalue weighted by atomic mass is 9.75. The van der Waals surface area contributed by atoms with Crippen molar-refractivity contribution in [1.82, 2.24) is 5.16 Å². The van der Waals surface area contributed by atoms with E-state index in [1.54, 1.807) is 0 Å². The number of aryl methyl sites for hydroxylation is 1. The van der Waals surface area contributed by atoms with E-state index in [-0.39, 0.29) is 39.6 Å². The van der Waals surface area contributed by atoms with Crippen molar-refractivity contribution in [2.24, 2.45) is 17.8 Å². The van der Waals surface area contributed by atoms with Gasteiger partial charge in [0, 0.05) is 0 Å². The molecule has 1 aliphatic rings. The van der Waals surface area contributed by atoms with Crippen molar-refractivity contribution in [3.63, 3.8) is 0 Å². The molecule has 6 nitrogen and oxygen atoms in total. The summed E-state index contributed by atoms with van der Waals surface area (Å²) in [5, 5.41) is 3.85. The fraction of sp³-hybridized carbons (Fsp3) is 0.522. The summed E-state index contributed by atoms with van der Waals surface area (Å²) in [7, 11) is 0. The standard InChI is InChI=1S/C23H27ClFNO5/c1-12(2)15-9-8-13(3)10-18(15)30-19(27)11-29-23(28)20-14(4)31-26-22(20)21-16(24)6-5-7-17(21)25/h5-7,12-13,15,18H,8-11H2,1-4H3. The van der Waals surface area contributed by atoms with Gasteiger partial charge in [0.1, 0.15) is 28.9 Å². The zero-order valence-electron chi connectivity index (χ0n) is 18.1. The summed E-state index contributed by atoms with van der Waals surface area (Å²) in [4.78, 5) is 25.1. The lowest BCUT2D eigenvalue weighted by Gasteiger charge is -2.36. The van der Waals surface area contributed by atoms with E-state index in [9.17, 15) is 14.0 Å². The number of ether oxygens (including phenoxy) is 2. The molecule has 0 amide bonds. The fourth-order valence-corrected chi connectivity index (χ4v) is 4.41. The summed E-state index contributed by atoms with van der Waals surface area (Å²) in [5.74, 6) is -0.844. The van der Waals surface area contributed by atoms with Crippen molar-refractivity contribution in [1.29, 1.82) is 0 Å². The topological polar surface area (TPSA) is 78.6 Å². The predicted octanol–water partition coefficient (Wildman–Crippen LogP) is 5.60. The van der Waals surface area contributed by atoms with Crippen LogP contribution in [0.25, 0.3) is 11.3 Å². The average Bonchev–Trinajstić information content (AvgIpc) is 3.07. The van der Waals surface area contributed by atoms with Crippen LogP contribution in [-0.4, -0.2) is 29.8 Å². The highest BCUT2D eigenvalue weighted by molar-refractivity contribution is 6.33. The quantitative estimate of drug-likeness (QED) is 0.531. The first-order valence-electron chi connectivity index (χ1n) is 10.5.